The third kappa shape index (κ3) is 3.42. The highest BCUT2D eigenvalue weighted by Crippen LogP contribution is 2.39. The third-order valence-electron chi connectivity index (χ3n) is 4.44. The van der Waals surface area contributed by atoms with Gasteiger partial charge in [-0.3, -0.25) is 0 Å². The van der Waals surface area contributed by atoms with Crippen LogP contribution in [0.15, 0.2) is 23.7 Å². The van der Waals surface area contributed by atoms with Crippen molar-refractivity contribution in [2.75, 3.05) is 13.7 Å². The van der Waals surface area contributed by atoms with Crippen LogP contribution in [0.2, 0.25) is 0 Å². The van der Waals surface area contributed by atoms with Crippen LogP contribution >= 0.6 is 0 Å². The number of ether oxygens (including phenoxy) is 1. The van der Waals surface area contributed by atoms with Gasteiger partial charge in [-0.05, 0) is 51.4 Å². The topological polar surface area (TPSA) is 71.7 Å². The molecule has 1 heterocycles. The molecule has 1 aromatic carbocycles. The van der Waals surface area contributed by atoms with E-state index in [4.69, 9.17) is 19.3 Å². The average Bonchev–Trinajstić information content (AvgIpc) is 2.72. The Balaban J connectivity index is 2.39. The summed E-state index contributed by atoms with van der Waals surface area (Å²) >= 11 is 0. The fraction of sp³-hybridized carbons (Fsp3) is 0.471. The van der Waals surface area contributed by atoms with Gasteiger partial charge in [-0.15, -0.1) is 0 Å². The lowest BCUT2D eigenvalue weighted by Gasteiger charge is -2.32. The molecule has 0 spiro atoms. The van der Waals surface area contributed by atoms with Gasteiger partial charge < -0.3 is 19.2 Å². The average molecular weight is 315 g/mol. The minimum absolute atomic E-state index is 0.212. The molecule has 2 rings (SSSR count). The normalized spacial score (nSPS) is 19.5. The largest absolute Gasteiger partial charge is 0.496 e. The van der Waals surface area contributed by atoms with Gasteiger partial charge in [-0.1, -0.05) is 6.08 Å². The molecule has 1 aliphatic rings. The van der Waals surface area contributed by atoms with Crippen LogP contribution in [0.1, 0.15) is 38.8 Å². The molecule has 0 saturated carbocycles. The minimum atomic E-state index is -0.638. The third-order valence-corrected chi connectivity index (χ3v) is 4.44. The maximum Gasteiger partial charge on any atom is 0.492 e. The summed E-state index contributed by atoms with van der Waals surface area (Å²) < 4.78 is 17.2. The van der Waals surface area contributed by atoms with Crippen molar-refractivity contribution in [1.82, 2.24) is 0 Å². The van der Waals surface area contributed by atoms with Crippen LogP contribution in [0.25, 0.3) is 6.08 Å². The molecule has 0 atom stereocenters. The summed E-state index contributed by atoms with van der Waals surface area (Å²) in [7, 11) is 0.923. The Morgan fingerprint density at radius 1 is 1.30 bits per heavy atom. The van der Waals surface area contributed by atoms with Crippen molar-refractivity contribution in [1.29, 1.82) is 5.26 Å². The lowest BCUT2D eigenvalue weighted by molar-refractivity contribution is 0.00578. The number of aliphatic hydroxyl groups excluding tert-OH is 1. The first-order chi connectivity index (χ1) is 10.7. The number of hydrogen-bond acceptors (Lipinski definition) is 5. The zero-order chi connectivity index (χ0) is 17.3. The van der Waals surface area contributed by atoms with Gasteiger partial charge in [-0.2, -0.15) is 5.26 Å². The van der Waals surface area contributed by atoms with Gasteiger partial charge in [0.2, 0.25) is 0 Å². The number of aliphatic hydroxyl groups is 1. The summed E-state index contributed by atoms with van der Waals surface area (Å²) in [6.07, 6.45) is 1.75. The minimum Gasteiger partial charge on any atom is -0.496 e. The molecular weight excluding hydrogens is 293 g/mol. The second-order valence-corrected chi connectivity index (χ2v) is 6.53. The van der Waals surface area contributed by atoms with E-state index in [-0.39, 0.29) is 6.61 Å². The molecule has 1 saturated heterocycles. The van der Waals surface area contributed by atoms with Gasteiger partial charge in [0, 0.05) is 5.56 Å². The second kappa shape index (κ2) is 6.36. The molecule has 23 heavy (non-hydrogen) atoms. The Bertz CT molecular complexity index is 645. The van der Waals surface area contributed by atoms with Crippen LogP contribution in [0, 0.1) is 11.3 Å². The Morgan fingerprint density at radius 3 is 2.39 bits per heavy atom. The molecule has 0 aromatic heterocycles. The van der Waals surface area contributed by atoms with Crippen LogP contribution in [0.5, 0.6) is 5.75 Å². The van der Waals surface area contributed by atoms with E-state index in [1.165, 1.54) is 0 Å². The number of methoxy groups -OCH3 is 1. The van der Waals surface area contributed by atoms with Gasteiger partial charge >= 0.3 is 7.12 Å². The van der Waals surface area contributed by atoms with E-state index in [1.807, 2.05) is 27.7 Å². The lowest BCUT2D eigenvalue weighted by Crippen LogP contribution is -2.41. The van der Waals surface area contributed by atoms with Gasteiger partial charge in [0.05, 0.1) is 36.6 Å². The Kier molecular flexibility index (Phi) is 4.85. The molecule has 1 aromatic rings. The molecule has 5 nitrogen and oxygen atoms in total. The molecule has 1 N–H and O–H groups in total. The first kappa shape index (κ1) is 17.5. The first-order valence-corrected chi connectivity index (χ1v) is 7.49. The number of hydrogen-bond donors (Lipinski definition) is 1. The quantitative estimate of drug-likeness (QED) is 0.865. The highest BCUT2D eigenvalue weighted by molar-refractivity contribution is 6.55. The number of nitrogens with zero attached hydrogens (tertiary/aromatic N) is 1. The van der Waals surface area contributed by atoms with E-state index in [2.05, 4.69) is 6.07 Å². The summed E-state index contributed by atoms with van der Waals surface area (Å²) in [5.74, 6) is 0.617. The van der Waals surface area contributed by atoms with Crippen molar-refractivity contribution in [2.24, 2.45) is 0 Å². The van der Waals surface area contributed by atoms with Gasteiger partial charge in [-0.25, -0.2) is 0 Å². The molecule has 0 bridgehead atoms. The summed E-state index contributed by atoms with van der Waals surface area (Å²) in [4.78, 5) is 0. The monoisotopic (exact) mass is 315 g/mol. The zero-order valence-corrected chi connectivity index (χ0v) is 14.2. The fourth-order valence-electron chi connectivity index (χ4n) is 2.30. The van der Waals surface area contributed by atoms with Crippen molar-refractivity contribution < 1.29 is 19.2 Å². The van der Waals surface area contributed by atoms with E-state index in [9.17, 15) is 5.11 Å². The van der Waals surface area contributed by atoms with E-state index in [1.54, 1.807) is 31.4 Å². The van der Waals surface area contributed by atoms with Gasteiger partial charge in [0.15, 0.2) is 0 Å². The molecule has 1 aliphatic heterocycles. The molecule has 0 aliphatic carbocycles. The van der Waals surface area contributed by atoms with Crippen LogP contribution in [-0.2, 0) is 9.31 Å². The van der Waals surface area contributed by atoms with Crippen LogP contribution < -0.4 is 4.74 Å². The summed E-state index contributed by atoms with van der Waals surface area (Å²) in [5, 5.41) is 18.8. The SMILES string of the molecule is COc1ccc(C#N)cc1C=C(CO)B1OC(C)(C)C(C)(C)O1. The maximum atomic E-state index is 9.74. The predicted molar refractivity (Wildman–Crippen MR) is 88.9 cm³/mol. The Hall–Kier alpha value is -1.81. The van der Waals surface area contributed by atoms with Crippen molar-refractivity contribution in [3.05, 3.63) is 34.8 Å². The summed E-state index contributed by atoms with van der Waals surface area (Å²) in [6.45, 7) is 7.62. The van der Waals surface area contributed by atoms with Crippen LogP contribution in [-0.4, -0.2) is 37.1 Å². The smallest absolute Gasteiger partial charge is 0.492 e. The standard InChI is InChI=1S/C17H22BNO4/c1-16(2)17(3,4)23-18(22-16)14(11-20)9-13-8-12(10-19)6-7-15(13)21-5/h6-9,20H,11H2,1-5H3. The Morgan fingerprint density at radius 2 is 1.91 bits per heavy atom. The fourth-order valence-corrected chi connectivity index (χ4v) is 2.30. The van der Waals surface area contributed by atoms with Crippen molar-refractivity contribution in [2.45, 2.75) is 38.9 Å². The molecule has 6 heteroatoms. The van der Waals surface area contributed by atoms with E-state index < -0.39 is 18.3 Å². The van der Waals surface area contributed by atoms with E-state index in [0.29, 0.717) is 22.3 Å². The zero-order valence-electron chi connectivity index (χ0n) is 14.2. The van der Waals surface area contributed by atoms with Crippen molar-refractivity contribution in [3.8, 4) is 11.8 Å². The molecule has 1 fully saturated rings. The number of benzene rings is 1. The maximum absolute atomic E-state index is 9.74. The number of nitriles is 1. The number of rotatable bonds is 4. The molecule has 0 radical (unpaired) electrons. The summed E-state index contributed by atoms with van der Waals surface area (Å²) in [5.41, 5.74) is 0.834. The first-order valence-electron chi connectivity index (χ1n) is 7.49. The van der Waals surface area contributed by atoms with Gasteiger partial charge in [0.1, 0.15) is 5.75 Å². The van der Waals surface area contributed by atoms with Crippen molar-refractivity contribution >= 4 is 13.2 Å². The Labute approximate surface area is 137 Å². The molecule has 0 amide bonds. The molecule has 122 valence electrons. The molecule has 0 unspecified atom stereocenters. The highest BCUT2D eigenvalue weighted by atomic mass is 16.7. The van der Waals surface area contributed by atoms with Crippen LogP contribution in [0.4, 0.5) is 0 Å². The van der Waals surface area contributed by atoms with E-state index >= 15 is 0 Å². The summed E-state index contributed by atoms with van der Waals surface area (Å²) in [6, 6.07) is 7.21. The second-order valence-electron chi connectivity index (χ2n) is 6.53. The van der Waals surface area contributed by atoms with Gasteiger partial charge in [0.25, 0.3) is 0 Å². The van der Waals surface area contributed by atoms with E-state index in [0.717, 1.165) is 0 Å². The van der Waals surface area contributed by atoms with Crippen LogP contribution in [0.3, 0.4) is 0 Å². The molecular formula is C17H22BNO4. The highest BCUT2D eigenvalue weighted by Gasteiger charge is 2.52. The van der Waals surface area contributed by atoms with Crippen molar-refractivity contribution in [3.63, 3.8) is 0 Å². The predicted octanol–water partition coefficient (Wildman–Crippen LogP) is 2.57. The lowest BCUT2D eigenvalue weighted by atomic mass is 9.77.